The summed E-state index contributed by atoms with van der Waals surface area (Å²) in [5.74, 6) is 0.223. The fraction of sp³-hybridized carbons (Fsp3) is 0.188. The molecule has 118 valence electrons. The molecule has 3 rings (SSSR count). The summed E-state index contributed by atoms with van der Waals surface area (Å²) in [5, 5.41) is 8.10. The van der Waals surface area contributed by atoms with Crippen molar-refractivity contribution in [2.24, 2.45) is 7.05 Å². The van der Waals surface area contributed by atoms with Gasteiger partial charge in [-0.3, -0.25) is 9.48 Å². The number of rotatable bonds is 3. The average molecular weight is 331 g/mol. The van der Waals surface area contributed by atoms with E-state index in [-0.39, 0.29) is 5.91 Å². The van der Waals surface area contributed by atoms with E-state index in [9.17, 15) is 4.79 Å². The van der Waals surface area contributed by atoms with Crippen molar-refractivity contribution in [3.8, 4) is 5.75 Å². The molecule has 0 bridgehead atoms. The number of amides is 1. The van der Waals surface area contributed by atoms with Gasteiger partial charge in [0.25, 0.3) is 5.91 Å². The molecular weight excluding hydrogens is 316 g/mol. The van der Waals surface area contributed by atoms with Gasteiger partial charge in [0, 0.05) is 13.2 Å². The van der Waals surface area contributed by atoms with Crippen molar-refractivity contribution in [3.05, 3.63) is 46.7 Å². The molecule has 2 heterocycles. The van der Waals surface area contributed by atoms with Crippen LogP contribution < -0.4 is 10.1 Å². The number of anilines is 1. The van der Waals surface area contributed by atoms with E-state index >= 15 is 0 Å². The fourth-order valence-electron chi connectivity index (χ4n) is 2.46. The molecule has 23 heavy (non-hydrogen) atoms. The second-order valence-electron chi connectivity index (χ2n) is 5.05. The van der Waals surface area contributed by atoms with Crippen molar-refractivity contribution < 1.29 is 9.53 Å². The number of hydrogen-bond acceptors (Lipinski definition) is 4. The molecule has 0 aliphatic carbocycles. The Labute approximate surface area is 138 Å². The number of hydrogen-bond donors (Lipinski definition) is 1. The molecule has 3 aromatic rings. The number of nitrogens with zero attached hydrogens (tertiary/aromatic N) is 3. The maximum atomic E-state index is 12.5. The lowest BCUT2D eigenvalue weighted by atomic mass is 10.2. The molecule has 0 saturated carbocycles. The fourth-order valence-corrected chi connectivity index (χ4v) is 2.82. The normalized spacial score (nSPS) is 10.8. The molecule has 2 aromatic heterocycles. The Morgan fingerprint density at radius 2 is 2.09 bits per heavy atom. The Kier molecular flexibility index (Phi) is 3.92. The molecule has 0 aliphatic heterocycles. The molecule has 0 radical (unpaired) electrons. The van der Waals surface area contributed by atoms with E-state index in [1.165, 1.54) is 6.20 Å². The first-order valence-corrected chi connectivity index (χ1v) is 7.33. The largest absolute Gasteiger partial charge is 0.495 e. The van der Waals surface area contributed by atoms with Crippen molar-refractivity contribution in [2.75, 3.05) is 12.4 Å². The maximum absolute atomic E-state index is 12.5. The molecule has 0 unspecified atom stereocenters. The van der Waals surface area contributed by atoms with Gasteiger partial charge in [-0.15, -0.1) is 0 Å². The Balaban J connectivity index is 2.01. The maximum Gasteiger partial charge on any atom is 0.258 e. The summed E-state index contributed by atoms with van der Waals surface area (Å²) in [6, 6.07) is 7.16. The molecule has 0 fully saturated rings. The van der Waals surface area contributed by atoms with E-state index in [0.717, 1.165) is 5.69 Å². The number of aromatic nitrogens is 3. The van der Waals surface area contributed by atoms with Crippen molar-refractivity contribution in [1.82, 2.24) is 14.8 Å². The van der Waals surface area contributed by atoms with E-state index in [0.29, 0.717) is 33.1 Å². The number of carbonyl (C=O) groups is 1. The minimum Gasteiger partial charge on any atom is -0.495 e. The zero-order chi connectivity index (χ0) is 16.6. The molecular formula is C16H15ClN4O2. The third-order valence-electron chi connectivity index (χ3n) is 3.56. The quantitative estimate of drug-likeness (QED) is 0.800. The molecule has 6 nitrogen and oxygen atoms in total. The Bertz CT molecular complexity index is 904. The molecule has 1 amide bonds. The highest BCUT2D eigenvalue weighted by atomic mass is 35.5. The summed E-state index contributed by atoms with van der Waals surface area (Å²) in [7, 11) is 3.33. The molecule has 0 saturated heterocycles. The van der Waals surface area contributed by atoms with Gasteiger partial charge >= 0.3 is 0 Å². The Morgan fingerprint density at radius 1 is 1.35 bits per heavy atom. The van der Waals surface area contributed by atoms with E-state index in [4.69, 9.17) is 16.3 Å². The average Bonchev–Trinajstić information content (AvgIpc) is 2.83. The van der Waals surface area contributed by atoms with Crippen LogP contribution in [0.3, 0.4) is 0 Å². The number of carbonyl (C=O) groups excluding carboxylic acids is 1. The Morgan fingerprint density at radius 3 is 2.83 bits per heavy atom. The summed E-state index contributed by atoms with van der Waals surface area (Å²) in [5.41, 5.74) is 2.23. The first kappa shape index (κ1) is 15.3. The first-order valence-electron chi connectivity index (χ1n) is 6.95. The molecule has 0 aliphatic rings. The van der Waals surface area contributed by atoms with Crippen LogP contribution in [0, 0.1) is 6.92 Å². The van der Waals surface area contributed by atoms with Crippen LogP contribution in [0.4, 0.5) is 5.69 Å². The summed E-state index contributed by atoms with van der Waals surface area (Å²) >= 11 is 6.41. The van der Waals surface area contributed by atoms with Crippen LogP contribution in [0.2, 0.25) is 5.02 Å². The monoisotopic (exact) mass is 330 g/mol. The second kappa shape index (κ2) is 5.89. The van der Waals surface area contributed by atoms with E-state index < -0.39 is 0 Å². The second-order valence-corrected chi connectivity index (χ2v) is 5.43. The van der Waals surface area contributed by atoms with Gasteiger partial charge in [0.15, 0.2) is 5.65 Å². The highest BCUT2D eigenvalue weighted by molar-refractivity contribution is 6.39. The smallest absolute Gasteiger partial charge is 0.258 e. The number of halogens is 1. The number of pyridine rings is 1. The lowest BCUT2D eigenvalue weighted by molar-refractivity contribution is 0.102. The van der Waals surface area contributed by atoms with Crippen LogP contribution in [0.1, 0.15) is 16.1 Å². The third kappa shape index (κ3) is 2.61. The van der Waals surface area contributed by atoms with Gasteiger partial charge in [-0.2, -0.15) is 5.10 Å². The van der Waals surface area contributed by atoms with Gasteiger partial charge in [0.1, 0.15) is 5.75 Å². The van der Waals surface area contributed by atoms with Crippen LogP contribution in [0.5, 0.6) is 5.75 Å². The van der Waals surface area contributed by atoms with Crippen LogP contribution >= 0.6 is 11.6 Å². The van der Waals surface area contributed by atoms with Crippen LogP contribution in [-0.2, 0) is 7.05 Å². The predicted molar refractivity (Wildman–Crippen MR) is 89.2 cm³/mol. The van der Waals surface area contributed by atoms with E-state index in [2.05, 4.69) is 15.4 Å². The zero-order valence-corrected chi connectivity index (χ0v) is 13.7. The van der Waals surface area contributed by atoms with Crippen LogP contribution in [-0.4, -0.2) is 27.8 Å². The van der Waals surface area contributed by atoms with Gasteiger partial charge in [-0.25, -0.2) is 4.98 Å². The summed E-state index contributed by atoms with van der Waals surface area (Å²) < 4.78 is 6.87. The number of ether oxygens (including phenoxy) is 1. The Hall–Kier alpha value is -2.60. The minimum atomic E-state index is -0.350. The van der Waals surface area contributed by atoms with Crippen molar-refractivity contribution in [3.63, 3.8) is 0 Å². The number of methoxy groups -OCH3 is 1. The van der Waals surface area contributed by atoms with E-state index in [1.807, 2.05) is 19.1 Å². The summed E-state index contributed by atoms with van der Waals surface area (Å²) in [6.45, 7) is 1.83. The molecule has 1 aromatic carbocycles. The summed E-state index contributed by atoms with van der Waals surface area (Å²) in [4.78, 5) is 16.8. The SMILES string of the molecule is COc1ccccc1NC(=O)c1cnc2c(c(C)nn2C)c1Cl. The molecule has 0 atom stereocenters. The molecule has 1 N–H and O–H groups in total. The van der Waals surface area contributed by atoms with Gasteiger partial charge in [0.05, 0.1) is 34.5 Å². The minimum absolute atomic E-state index is 0.293. The number of para-hydroxylation sites is 2. The van der Waals surface area contributed by atoms with Gasteiger partial charge in [-0.05, 0) is 19.1 Å². The van der Waals surface area contributed by atoms with Crippen molar-refractivity contribution in [2.45, 2.75) is 6.92 Å². The molecule has 0 spiro atoms. The first-order chi connectivity index (χ1) is 11.0. The standard InChI is InChI=1S/C16H15ClN4O2/c1-9-13-14(17)10(8-18-15(13)21(2)20-9)16(22)19-11-6-4-5-7-12(11)23-3/h4-8H,1-3H3,(H,19,22). The highest BCUT2D eigenvalue weighted by Crippen LogP contribution is 2.29. The number of nitrogens with one attached hydrogen (secondary N) is 1. The van der Waals surface area contributed by atoms with Gasteiger partial charge < -0.3 is 10.1 Å². The number of aryl methyl sites for hydroxylation is 2. The van der Waals surface area contributed by atoms with Crippen molar-refractivity contribution >= 4 is 34.2 Å². The van der Waals surface area contributed by atoms with Crippen LogP contribution in [0.25, 0.3) is 11.0 Å². The van der Waals surface area contributed by atoms with Gasteiger partial charge in [0.2, 0.25) is 0 Å². The van der Waals surface area contributed by atoms with Crippen molar-refractivity contribution in [1.29, 1.82) is 0 Å². The predicted octanol–water partition coefficient (Wildman–Crippen LogP) is 3.19. The lowest BCUT2D eigenvalue weighted by Crippen LogP contribution is -2.13. The molecule has 7 heteroatoms. The number of fused-ring (bicyclic) bond motifs is 1. The van der Waals surface area contributed by atoms with Gasteiger partial charge in [-0.1, -0.05) is 23.7 Å². The third-order valence-corrected chi connectivity index (χ3v) is 3.96. The summed E-state index contributed by atoms with van der Waals surface area (Å²) in [6.07, 6.45) is 1.45. The zero-order valence-electron chi connectivity index (χ0n) is 12.9. The lowest BCUT2D eigenvalue weighted by Gasteiger charge is -2.10. The topological polar surface area (TPSA) is 69.0 Å². The van der Waals surface area contributed by atoms with E-state index in [1.54, 1.807) is 31.0 Å². The highest BCUT2D eigenvalue weighted by Gasteiger charge is 2.19. The van der Waals surface area contributed by atoms with Crippen LogP contribution in [0.15, 0.2) is 30.5 Å². The number of benzene rings is 1.